The van der Waals surface area contributed by atoms with Gasteiger partial charge in [-0.05, 0) is 0 Å². The molecule has 14 heavy (non-hydrogen) atoms. The van der Waals surface area contributed by atoms with Gasteiger partial charge in [-0.15, -0.1) is 0 Å². The second-order valence-electron chi connectivity index (χ2n) is 2.40. The van der Waals surface area contributed by atoms with Crippen LogP contribution in [0.4, 0.5) is 15.9 Å². The van der Waals surface area contributed by atoms with E-state index in [4.69, 9.17) is 16.8 Å². The van der Waals surface area contributed by atoms with Gasteiger partial charge in [-0.25, -0.2) is 15.2 Å². The summed E-state index contributed by atoms with van der Waals surface area (Å²) in [6.45, 7) is 0. The number of nitrogens with one attached hydrogen (secondary N) is 1. The Balaban J connectivity index is 3.48. The van der Waals surface area contributed by atoms with Crippen LogP contribution in [0.1, 0.15) is 11.3 Å². The summed E-state index contributed by atoms with van der Waals surface area (Å²) in [4.78, 5) is 3.68. The Labute approximate surface area is 93.4 Å². The summed E-state index contributed by atoms with van der Waals surface area (Å²) in [5, 5.41) is 8.72. The maximum atomic E-state index is 13.3. The van der Waals surface area contributed by atoms with Crippen molar-refractivity contribution < 1.29 is 4.39 Å². The molecule has 7 heteroatoms. The number of hydrazine groups is 1. The lowest BCUT2D eigenvalue weighted by Gasteiger charge is -2.08. The fraction of sp³-hybridized carbons (Fsp3) is 0.143. The number of anilines is 2. The fourth-order valence-corrected chi connectivity index (χ4v) is 1.71. The summed E-state index contributed by atoms with van der Waals surface area (Å²) < 4.78 is 13.7. The van der Waals surface area contributed by atoms with Crippen molar-refractivity contribution in [3.63, 3.8) is 0 Å². The topological polar surface area (TPSA) is 101 Å². The van der Waals surface area contributed by atoms with E-state index in [9.17, 15) is 4.39 Å². The maximum Gasteiger partial charge on any atom is 0.190 e. The lowest BCUT2D eigenvalue weighted by molar-refractivity contribution is 0.628. The Morgan fingerprint density at radius 1 is 1.64 bits per heavy atom. The molecule has 0 aliphatic heterocycles. The molecule has 74 valence electrons. The number of nitrogen functional groups attached to an aromatic ring is 2. The molecule has 0 unspecified atom stereocenters. The SMILES string of the molecule is N#Cc1nc(NN)c(F)c(N)c1CI. The van der Waals surface area contributed by atoms with Gasteiger partial charge in [-0.2, -0.15) is 5.26 Å². The van der Waals surface area contributed by atoms with Gasteiger partial charge in [0.2, 0.25) is 0 Å². The van der Waals surface area contributed by atoms with Crippen molar-refractivity contribution in [2.24, 2.45) is 5.84 Å². The molecule has 5 N–H and O–H groups in total. The average Bonchev–Trinajstić information content (AvgIpc) is 2.21. The second-order valence-corrected chi connectivity index (χ2v) is 3.17. The number of nitrogens with zero attached hydrogens (tertiary/aromatic N) is 2. The third-order valence-corrected chi connectivity index (χ3v) is 2.42. The Morgan fingerprint density at radius 3 is 2.71 bits per heavy atom. The van der Waals surface area contributed by atoms with Crippen LogP contribution in [0.5, 0.6) is 0 Å². The van der Waals surface area contributed by atoms with Gasteiger partial charge < -0.3 is 11.2 Å². The molecule has 1 rings (SSSR count). The van der Waals surface area contributed by atoms with E-state index in [1.165, 1.54) is 0 Å². The second kappa shape index (κ2) is 4.39. The van der Waals surface area contributed by atoms with Crippen molar-refractivity contribution in [1.82, 2.24) is 4.98 Å². The van der Waals surface area contributed by atoms with Crippen molar-refractivity contribution in [2.75, 3.05) is 11.2 Å². The van der Waals surface area contributed by atoms with Crippen LogP contribution in [0.2, 0.25) is 0 Å². The van der Waals surface area contributed by atoms with E-state index in [-0.39, 0.29) is 17.2 Å². The highest BCUT2D eigenvalue weighted by Crippen LogP contribution is 2.25. The number of pyridine rings is 1. The first-order chi connectivity index (χ1) is 6.65. The summed E-state index contributed by atoms with van der Waals surface area (Å²) in [7, 11) is 0. The molecule has 0 aromatic carbocycles. The highest BCUT2D eigenvalue weighted by molar-refractivity contribution is 14.1. The third-order valence-electron chi connectivity index (χ3n) is 1.66. The highest BCUT2D eigenvalue weighted by Gasteiger charge is 2.16. The molecule has 0 aliphatic carbocycles. The van der Waals surface area contributed by atoms with E-state index in [1.807, 2.05) is 34.1 Å². The zero-order valence-electron chi connectivity index (χ0n) is 7.01. The van der Waals surface area contributed by atoms with Gasteiger partial charge in [0.25, 0.3) is 0 Å². The van der Waals surface area contributed by atoms with Gasteiger partial charge in [0.1, 0.15) is 11.8 Å². The number of rotatable bonds is 2. The summed E-state index contributed by atoms with van der Waals surface area (Å²) in [6, 6.07) is 1.83. The molecule has 0 fully saturated rings. The number of alkyl halides is 1. The predicted octanol–water partition coefficient (Wildman–Crippen LogP) is 0.895. The smallest absolute Gasteiger partial charge is 0.190 e. The molecule has 0 saturated carbocycles. The molecule has 1 aromatic rings. The lowest BCUT2D eigenvalue weighted by atomic mass is 10.2. The van der Waals surface area contributed by atoms with Crippen molar-refractivity contribution >= 4 is 34.1 Å². The number of hydrogen-bond acceptors (Lipinski definition) is 5. The maximum absolute atomic E-state index is 13.3. The van der Waals surface area contributed by atoms with Crippen LogP contribution in [0, 0.1) is 17.1 Å². The average molecular weight is 307 g/mol. The number of hydrogen-bond donors (Lipinski definition) is 3. The molecule has 0 aliphatic rings. The standard InChI is InChI=1S/C7H7FIN5/c8-5-6(11)3(1-9)4(2-10)13-7(5)14-12/h1,12H2,(H3,11,13,14). The number of aromatic nitrogens is 1. The van der Waals surface area contributed by atoms with Crippen LogP contribution >= 0.6 is 22.6 Å². The largest absolute Gasteiger partial charge is 0.396 e. The van der Waals surface area contributed by atoms with Crippen LogP contribution < -0.4 is 17.0 Å². The van der Waals surface area contributed by atoms with Crippen molar-refractivity contribution in [3.05, 3.63) is 17.1 Å². The van der Waals surface area contributed by atoms with Gasteiger partial charge in [-0.3, -0.25) is 0 Å². The molecule has 0 atom stereocenters. The molecule has 0 saturated heterocycles. The highest BCUT2D eigenvalue weighted by atomic mass is 127. The normalized spacial score (nSPS) is 9.57. The van der Waals surface area contributed by atoms with Gasteiger partial charge in [0.15, 0.2) is 11.6 Å². The first-order valence-electron chi connectivity index (χ1n) is 3.56. The first-order valence-corrected chi connectivity index (χ1v) is 5.08. The molecular formula is C7H7FIN5. The van der Waals surface area contributed by atoms with Crippen LogP contribution in [0.3, 0.4) is 0 Å². The zero-order valence-corrected chi connectivity index (χ0v) is 9.17. The van der Waals surface area contributed by atoms with Crippen LogP contribution in [0.15, 0.2) is 0 Å². The monoisotopic (exact) mass is 307 g/mol. The van der Waals surface area contributed by atoms with E-state index in [1.54, 1.807) is 0 Å². The van der Waals surface area contributed by atoms with Crippen LogP contribution in [-0.2, 0) is 4.43 Å². The van der Waals surface area contributed by atoms with E-state index >= 15 is 0 Å². The van der Waals surface area contributed by atoms with E-state index in [0.29, 0.717) is 9.99 Å². The minimum atomic E-state index is -0.724. The Morgan fingerprint density at radius 2 is 2.29 bits per heavy atom. The van der Waals surface area contributed by atoms with E-state index in [0.717, 1.165) is 0 Å². The molecule has 1 heterocycles. The zero-order chi connectivity index (χ0) is 10.7. The molecule has 0 amide bonds. The summed E-state index contributed by atoms with van der Waals surface area (Å²) in [6.07, 6.45) is 0. The quantitative estimate of drug-likeness (QED) is 0.326. The number of nitriles is 1. The molecular weight excluding hydrogens is 300 g/mol. The predicted molar refractivity (Wildman–Crippen MR) is 58.9 cm³/mol. The molecule has 0 spiro atoms. The first kappa shape index (κ1) is 10.9. The van der Waals surface area contributed by atoms with Crippen LogP contribution in [-0.4, -0.2) is 4.98 Å². The minimum absolute atomic E-state index is 0.0844. The molecule has 5 nitrogen and oxygen atoms in total. The third kappa shape index (κ3) is 1.71. The lowest BCUT2D eigenvalue weighted by Crippen LogP contribution is -2.14. The van der Waals surface area contributed by atoms with Gasteiger partial charge in [0.05, 0.1) is 5.69 Å². The molecule has 0 bridgehead atoms. The van der Waals surface area contributed by atoms with Gasteiger partial charge in [-0.1, -0.05) is 22.6 Å². The Hall–Kier alpha value is -1.14. The number of nitrogens with two attached hydrogens (primary N) is 2. The number of halogens is 2. The van der Waals surface area contributed by atoms with Crippen molar-refractivity contribution in [1.29, 1.82) is 5.26 Å². The van der Waals surface area contributed by atoms with Crippen LogP contribution in [0.25, 0.3) is 0 Å². The fourth-order valence-electron chi connectivity index (χ4n) is 0.939. The van der Waals surface area contributed by atoms with Crippen molar-refractivity contribution in [2.45, 2.75) is 4.43 Å². The van der Waals surface area contributed by atoms with E-state index in [2.05, 4.69) is 4.98 Å². The molecule has 1 aromatic heterocycles. The summed E-state index contributed by atoms with van der Waals surface area (Å²) >= 11 is 1.98. The van der Waals surface area contributed by atoms with Gasteiger partial charge >= 0.3 is 0 Å². The van der Waals surface area contributed by atoms with Crippen molar-refractivity contribution in [3.8, 4) is 6.07 Å². The Bertz CT molecular complexity index is 400. The summed E-state index contributed by atoms with van der Waals surface area (Å²) in [5.74, 6) is 4.08. The Kier molecular flexibility index (Phi) is 3.43. The minimum Gasteiger partial charge on any atom is -0.396 e. The summed E-state index contributed by atoms with van der Waals surface area (Å²) in [5.41, 5.74) is 7.92. The van der Waals surface area contributed by atoms with E-state index < -0.39 is 5.82 Å². The van der Waals surface area contributed by atoms with Gasteiger partial charge in [0, 0.05) is 9.99 Å². The molecule has 0 radical (unpaired) electrons.